The van der Waals surface area contributed by atoms with Gasteiger partial charge in [-0.15, -0.1) is 0 Å². The molecule has 0 aromatic heterocycles. The third-order valence-electron chi connectivity index (χ3n) is 8.10. The molecular weight excluding hydrogens is 571 g/mol. The van der Waals surface area contributed by atoms with Gasteiger partial charge in [-0.3, -0.25) is 4.90 Å². The summed E-state index contributed by atoms with van der Waals surface area (Å²) in [6.07, 6.45) is -2.46. The fourth-order valence-corrected chi connectivity index (χ4v) is 5.62. The van der Waals surface area contributed by atoms with Gasteiger partial charge in [0.05, 0.1) is 6.54 Å². The highest BCUT2D eigenvalue weighted by Gasteiger charge is 2.37. The molecule has 6 rings (SSSR count). The third kappa shape index (κ3) is 8.15. The molecule has 0 atom stereocenters. The van der Waals surface area contributed by atoms with E-state index in [4.69, 9.17) is 0 Å². The Morgan fingerprint density at radius 2 is 1.36 bits per heavy atom. The molecule has 0 saturated carbocycles. The van der Waals surface area contributed by atoms with E-state index in [9.17, 15) is 22.0 Å². The predicted octanol–water partition coefficient (Wildman–Crippen LogP) is 7.77. The van der Waals surface area contributed by atoms with Crippen molar-refractivity contribution in [3.05, 3.63) is 130 Å². The number of hydrogen-bond donors (Lipinski definition) is 1. The molecule has 0 radical (unpaired) electrons. The lowest BCUT2D eigenvalue weighted by Gasteiger charge is -2.30. The standard InChI is InChI=1S/C18H19F3N2.C17H18F2N2/c1-22-10-9-15-7-8-17(11-16(15)13-22)23(18(19,20)21)12-14-5-3-2-4-6-14;1-21-7-6-12-3-5-16(8-14(12)11-21)20-10-13-2-4-15(18)9-17(13)19/h2-8,11H,9-10,12-13H2,1H3;2-5,8-9,20H,6-7,10-11H2,1H3. The normalized spacial score (nSPS) is 15.1. The zero-order valence-electron chi connectivity index (χ0n) is 25.0. The maximum absolute atomic E-state index is 13.6. The topological polar surface area (TPSA) is 21.8 Å². The van der Waals surface area contributed by atoms with Crippen molar-refractivity contribution in [3.63, 3.8) is 0 Å². The zero-order valence-corrected chi connectivity index (χ0v) is 25.0. The van der Waals surface area contributed by atoms with E-state index in [0.717, 1.165) is 55.4 Å². The van der Waals surface area contributed by atoms with Crippen LogP contribution in [0.3, 0.4) is 0 Å². The minimum Gasteiger partial charge on any atom is -0.381 e. The smallest absolute Gasteiger partial charge is 0.381 e. The summed E-state index contributed by atoms with van der Waals surface area (Å²) < 4.78 is 67.0. The van der Waals surface area contributed by atoms with Gasteiger partial charge >= 0.3 is 6.30 Å². The van der Waals surface area contributed by atoms with Gasteiger partial charge in [0, 0.05) is 55.7 Å². The molecule has 0 spiro atoms. The van der Waals surface area contributed by atoms with Crippen molar-refractivity contribution in [2.75, 3.05) is 37.4 Å². The molecule has 0 unspecified atom stereocenters. The van der Waals surface area contributed by atoms with Crippen LogP contribution in [0.5, 0.6) is 0 Å². The lowest BCUT2D eigenvalue weighted by Crippen LogP contribution is -2.37. The van der Waals surface area contributed by atoms with Crippen molar-refractivity contribution >= 4 is 11.4 Å². The second-order valence-corrected chi connectivity index (χ2v) is 11.5. The van der Waals surface area contributed by atoms with E-state index in [-0.39, 0.29) is 12.2 Å². The Morgan fingerprint density at radius 1 is 0.727 bits per heavy atom. The predicted molar refractivity (Wildman–Crippen MR) is 165 cm³/mol. The summed E-state index contributed by atoms with van der Waals surface area (Å²) in [6, 6.07) is 23.8. The monoisotopic (exact) mass is 608 g/mol. The van der Waals surface area contributed by atoms with E-state index in [2.05, 4.69) is 34.3 Å². The fourth-order valence-electron chi connectivity index (χ4n) is 5.62. The van der Waals surface area contributed by atoms with Gasteiger partial charge in [0.2, 0.25) is 0 Å². The number of hydrogen-bond acceptors (Lipinski definition) is 4. The summed E-state index contributed by atoms with van der Waals surface area (Å²) >= 11 is 0. The van der Waals surface area contributed by atoms with Crippen LogP contribution < -0.4 is 10.2 Å². The summed E-state index contributed by atoms with van der Waals surface area (Å²) in [4.78, 5) is 4.92. The molecule has 44 heavy (non-hydrogen) atoms. The van der Waals surface area contributed by atoms with Crippen LogP contribution in [-0.4, -0.2) is 43.3 Å². The van der Waals surface area contributed by atoms with E-state index in [0.29, 0.717) is 29.1 Å². The van der Waals surface area contributed by atoms with E-state index in [1.54, 1.807) is 42.5 Å². The molecule has 2 aliphatic rings. The molecule has 0 saturated heterocycles. The highest BCUT2D eigenvalue weighted by Crippen LogP contribution is 2.33. The largest absolute Gasteiger partial charge is 0.485 e. The quantitative estimate of drug-likeness (QED) is 0.178. The number of nitrogens with zero attached hydrogens (tertiary/aromatic N) is 3. The van der Waals surface area contributed by atoms with Crippen molar-refractivity contribution in [1.82, 2.24) is 9.80 Å². The number of anilines is 2. The van der Waals surface area contributed by atoms with E-state index < -0.39 is 17.9 Å². The fraction of sp³-hybridized carbons (Fsp3) is 0.314. The van der Waals surface area contributed by atoms with Gasteiger partial charge < -0.3 is 15.1 Å². The first-order valence-electron chi connectivity index (χ1n) is 14.7. The Balaban J connectivity index is 0.000000175. The summed E-state index contributed by atoms with van der Waals surface area (Å²) in [7, 11) is 4.10. The Hall–Kier alpha value is -3.95. The number of nitrogens with one attached hydrogen (secondary N) is 1. The molecule has 9 heteroatoms. The molecule has 1 N–H and O–H groups in total. The molecule has 4 aromatic carbocycles. The molecular formula is C35H37F5N4. The van der Waals surface area contributed by atoms with Crippen LogP contribution in [0, 0.1) is 11.6 Å². The second kappa shape index (κ2) is 13.8. The number of benzene rings is 4. The number of fused-ring (bicyclic) bond motifs is 2. The third-order valence-corrected chi connectivity index (χ3v) is 8.10. The average molecular weight is 609 g/mol. The van der Waals surface area contributed by atoms with Gasteiger partial charge in [0.1, 0.15) is 11.6 Å². The molecule has 0 bridgehead atoms. The summed E-state index contributed by atoms with van der Waals surface area (Å²) in [6.45, 7) is 3.83. The molecule has 2 aliphatic heterocycles. The van der Waals surface area contributed by atoms with Crippen molar-refractivity contribution in [2.45, 2.75) is 45.3 Å². The van der Waals surface area contributed by atoms with Gasteiger partial charge in [-0.2, -0.15) is 13.2 Å². The zero-order chi connectivity index (χ0) is 31.3. The minimum atomic E-state index is -4.41. The number of alkyl halides is 3. The lowest BCUT2D eigenvalue weighted by molar-refractivity contribution is -0.130. The van der Waals surface area contributed by atoms with Crippen LogP contribution in [0.25, 0.3) is 0 Å². The average Bonchev–Trinajstić information content (AvgIpc) is 2.99. The maximum atomic E-state index is 13.6. The Morgan fingerprint density at radius 3 is 2.00 bits per heavy atom. The summed E-state index contributed by atoms with van der Waals surface area (Å²) in [5, 5.41) is 3.21. The first kappa shape index (κ1) is 31.5. The molecule has 0 fully saturated rings. The molecule has 0 aliphatic carbocycles. The summed E-state index contributed by atoms with van der Waals surface area (Å²) in [5.74, 6) is -1.06. The highest BCUT2D eigenvalue weighted by atomic mass is 19.4. The molecule has 0 amide bonds. The molecule has 4 nitrogen and oxygen atoms in total. The first-order chi connectivity index (χ1) is 21.0. The molecule has 232 valence electrons. The van der Waals surface area contributed by atoms with Crippen LogP contribution in [0.4, 0.5) is 33.3 Å². The SMILES string of the molecule is CN1CCc2ccc(N(Cc3ccccc3)C(F)(F)F)cc2C1.CN1CCc2ccc(NCc3ccc(F)cc3F)cc2C1. The van der Waals surface area contributed by atoms with Gasteiger partial charge in [-0.25, -0.2) is 8.78 Å². The Bertz CT molecular complexity index is 1560. The van der Waals surface area contributed by atoms with Crippen LogP contribution in [0.1, 0.15) is 33.4 Å². The number of rotatable bonds is 6. The maximum Gasteiger partial charge on any atom is 0.485 e. The first-order valence-corrected chi connectivity index (χ1v) is 14.7. The van der Waals surface area contributed by atoms with Crippen LogP contribution in [0.2, 0.25) is 0 Å². The van der Waals surface area contributed by atoms with Crippen molar-refractivity contribution in [1.29, 1.82) is 0 Å². The number of likely N-dealkylation sites (N-methyl/N-ethyl adjacent to an activating group) is 2. The van der Waals surface area contributed by atoms with Gasteiger partial charge in [0.15, 0.2) is 0 Å². The van der Waals surface area contributed by atoms with Crippen LogP contribution in [0.15, 0.2) is 84.9 Å². The lowest BCUT2D eigenvalue weighted by atomic mass is 9.99. The Kier molecular flexibility index (Phi) is 9.86. The molecule has 4 aromatic rings. The van der Waals surface area contributed by atoms with Crippen LogP contribution >= 0.6 is 0 Å². The highest BCUT2D eigenvalue weighted by molar-refractivity contribution is 5.53. The summed E-state index contributed by atoms with van der Waals surface area (Å²) in [5.41, 5.74) is 7.10. The van der Waals surface area contributed by atoms with Crippen molar-refractivity contribution in [2.24, 2.45) is 0 Å². The van der Waals surface area contributed by atoms with Crippen LogP contribution in [-0.2, 0) is 39.0 Å². The molecule has 2 heterocycles. The van der Waals surface area contributed by atoms with E-state index >= 15 is 0 Å². The minimum absolute atomic E-state index is 0.182. The van der Waals surface area contributed by atoms with Crippen molar-refractivity contribution in [3.8, 4) is 0 Å². The van der Waals surface area contributed by atoms with Gasteiger partial charge in [-0.1, -0.05) is 48.5 Å². The second-order valence-electron chi connectivity index (χ2n) is 11.5. The van der Waals surface area contributed by atoms with E-state index in [1.165, 1.54) is 23.3 Å². The van der Waals surface area contributed by atoms with Crippen molar-refractivity contribution < 1.29 is 22.0 Å². The van der Waals surface area contributed by atoms with Gasteiger partial charge in [-0.05, 0) is 85.1 Å². The number of halogens is 5. The van der Waals surface area contributed by atoms with E-state index in [1.807, 2.05) is 19.2 Å². The van der Waals surface area contributed by atoms with Gasteiger partial charge in [0.25, 0.3) is 0 Å². The Labute approximate surface area is 255 Å².